The van der Waals surface area contributed by atoms with Gasteiger partial charge in [-0.3, -0.25) is 14.9 Å². The van der Waals surface area contributed by atoms with Crippen LogP contribution in [0.4, 0.5) is 5.69 Å². The molecule has 0 atom stereocenters. The zero-order valence-corrected chi connectivity index (χ0v) is 13.3. The van der Waals surface area contributed by atoms with Crippen LogP contribution in [0.15, 0.2) is 53.1 Å². The fourth-order valence-electron chi connectivity index (χ4n) is 2.14. The number of carbonyl (C=O) groups is 1. The van der Waals surface area contributed by atoms with Crippen LogP contribution in [0.5, 0.6) is 0 Å². The molecule has 2 aromatic carbocycles. The van der Waals surface area contributed by atoms with Crippen molar-refractivity contribution in [2.24, 2.45) is 0 Å². The highest BCUT2D eigenvalue weighted by Crippen LogP contribution is 2.17. The number of aryl methyl sites for hydroxylation is 1. The van der Waals surface area contributed by atoms with Gasteiger partial charge < -0.3 is 9.84 Å². The summed E-state index contributed by atoms with van der Waals surface area (Å²) in [6.07, 6.45) is 0. The summed E-state index contributed by atoms with van der Waals surface area (Å²) >= 11 is 0. The highest BCUT2D eigenvalue weighted by atomic mass is 16.6. The van der Waals surface area contributed by atoms with E-state index in [2.05, 4.69) is 15.5 Å². The summed E-state index contributed by atoms with van der Waals surface area (Å²) in [6, 6.07) is 13.0. The summed E-state index contributed by atoms with van der Waals surface area (Å²) in [6.45, 7) is 2.07. The standard InChI is InChI=1S/C17H14N4O4/c1-11-2-4-13(5-3-11)17-19-15(20-25-17)10-18-16(22)12-6-8-14(9-7-12)21(23)24/h2-9H,10H2,1H3,(H,18,22). The first kappa shape index (κ1) is 16.3. The predicted molar refractivity (Wildman–Crippen MR) is 88.7 cm³/mol. The summed E-state index contributed by atoms with van der Waals surface area (Å²) in [7, 11) is 0. The third-order valence-electron chi connectivity index (χ3n) is 3.51. The van der Waals surface area contributed by atoms with Gasteiger partial charge in [0.2, 0.25) is 0 Å². The number of nitro groups is 1. The molecule has 8 nitrogen and oxygen atoms in total. The van der Waals surface area contributed by atoms with Gasteiger partial charge in [-0.1, -0.05) is 22.9 Å². The maximum atomic E-state index is 12.0. The molecular formula is C17H14N4O4. The van der Waals surface area contributed by atoms with Crippen molar-refractivity contribution in [2.45, 2.75) is 13.5 Å². The molecule has 25 heavy (non-hydrogen) atoms. The molecule has 1 N–H and O–H groups in total. The Bertz CT molecular complexity index is 901. The molecule has 3 rings (SSSR count). The summed E-state index contributed by atoms with van der Waals surface area (Å²) < 4.78 is 5.18. The molecule has 8 heteroatoms. The number of nitrogens with one attached hydrogen (secondary N) is 1. The fraction of sp³-hybridized carbons (Fsp3) is 0.118. The molecule has 1 heterocycles. The fourth-order valence-corrected chi connectivity index (χ4v) is 2.14. The highest BCUT2D eigenvalue weighted by molar-refractivity contribution is 5.94. The molecule has 0 spiro atoms. The van der Waals surface area contributed by atoms with Crippen LogP contribution in [-0.2, 0) is 6.54 Å². The molecule has 0 unspecified atom stereocenters. The van der Waals surface area contributed by atoms with Crippen LogP contribution in [0.2, 0.25) is 0 Å². The van der Waals surface area contributed by atoms with Gasteiger partial charge >= 0.3 is 0 Å². The van der Waals surface area contributed by atoms with E-state index in [0.29, 0.717) is 17.3 Å². The average molecular weight is 338 g/mol. The largest absolute Gasteiger partial charge is 0.345 e. The van der Waals surface area contributed by atoms with Crippen molar-refractivity contribution >= 4 is 11.6 Å². The first-order valence-corrected chi connectivity index (χ1v) is 7.45. The second kappa shape index (κ2) is 6.91. The molecule has 3 aromatic rings. The van der Waals surface area contributed by atoms with E-state index in [1.807, 2.05) is 31.2 Å². The molecule has 0 fully saturated rings. The van der Waals surface area contributed by atoms with Gasteiger partial charge in [0.1, 0.15) is 0 Å². The van der Waals surface area contributed by atoms with Crippen molar-refractivity contribution < 1.29 is 14.2 Å². The molecule has 1 aromatic heterocycles. The lowest BCUT2D eigenvalue weighted by Crippen LogP contribution is -2.23. The van der Waals surface area contributed by atoms with Gasteiger partial charge in [0.05, 0.1) is 11.5 Å². The van der Waals surface area contributed by atoms with E-state index in [9.17, 15) is 14.9 Å². The third-order valence-corrected chi connectivity index (χ3v) is 3.51. The Balaban J connectivity index is 1.62. The molecule has 0 radical (unpaired) electrons. The van der Waals surface area contributed by atoms with Gasteiger partial charge in [-0.15, -0.1) is 0 Å². The van der Waals surface area contributed by atoms with E-state index in [1.165, 1.54) is 24.3 Å². The topological polar surface area (TPSA) is 111 Å². The van der Waals surface area contributed by atoms with Crippen LogP contribution in [0, 0.1) is 17.0 Å². The molecular weight excluding hydrogens is 324 g/mol. The van der Waals surface area contributed by atoms with Crippen molar-refractivity contribution in [2.75, 3.05) is 0 Å². The van der Waals surface area contributed by atoms with E-state index >= 15 is 0 Å². The maximum Gasteiger partial charge on any atom is 0.269 e. The molecule has 0 aliphatic heterocycles. The minimum Gasteiger partial charge on any atom is -0.345 e. The lowest BCUT2D eigenvalue weighted by molar-refractivity contribution is -0.384. The van der Waals surface area contributed by atoms with Crippen molar-refractivity contribution in [1.82, 2.24) is 15.5 Å². The van der Waals surface area contributed by atoms with Crippen LogP contribution >= 0.6 is 0 Å². The minimum absolute atomic E-state index is 0.0718. The Hall–Kier alpha value is -3.55. The number of non-ortho nitro benzene ring substituents is 1. The average Bonchev–Trinajstić information content (AvgIpc) is 3.09. The van der Waals surface area contributed by atoms with Gasteiger partial charge in [0.25, 0.3) is 17.5 Å². The number of hydrogen-bond donors (Lipinski definition) is 1. The van der Waals surface area contributed by atoms with Gasteiger partial charge in [-0.05, 0) is 31.2 Å². The first-order chi connectivity index (χ1) is 12.0. The lowest BCUT2D eigenvalue weighted by Gasteiger charge is -2.02. The number of benzene rings is 2. The van der Waals surface area contributed by atoms with E-state index in [0.717, 1.165) is 11.1 Å². The molecule has 0 aliphatic rings. The molecule has 126 valence electrons. The summed E-state index contributed by atoms with van der Waals surface area (Å²) in [5.74, 6) is 0.335. The molecule has 0 saturated heterocycles. The summed E-state index contributed by atoms with van der Waals surface area (Å²) in [5.41, 5.74) is 2.16. The van der Waals surface area contributed by atoms with Gasteiger partial charge in [0, 0.05) is 23.3 Å². The van der Waals surface area contributed by atoms with E-state index in [4.69, 9.17) is 4.52 Å². The number of rotatable bonds is 5. The Labute approximate surface area is 142 Å². The number of aromatic nitrogens is 2. The number of carbonyl (C=O) groups excluding carboxylic acids is 1. The van der Waals surface area contributed by atoms with Crippen LogP contribution in [0.3, 0.4) is 0 Å². The number of hydrogen-bond acceptors (Lipinski definition) is 6. The zero-order valence-electron chi connectivity index (χ0n) is 13.3. The van der Waals surface area contributed by atoms with Crippen LogP contribution in [0.25, 0.3) is 11.5 Å². The van der Waals surface area contributed by atoms with Gasteiger partial charge in [0.15, 0.2) is 5.82 Å². The summed E-state index contributed by atoms with van der Waals surface area (Å²) in [5, 5.41) is 17.1. The normalized spacial score (nSPS) is 10.4. The van der Waals surface area contributed by atoms with Crippen molar-refractivity contribution in [3.05, 3.63) is 75.6 Å². The van der Waals surface area contributed by atoms with Crippen molar-refractivity contribution in [1.29, 1.82) is 0 Å². The summed E-state index contributed by atoms with van der Waals surface area (Å²) in [4.78, 5) is 26.4. The Kier molecular flexibility index (Phi) is 4.51. The number of amides is 1. The van der Waals surface area contributed by atoms with Gasteiger partial charge in [-0.25, -0.2) is 0 Å². The van der Waals surface area contributed by atoms with E-state index in [-0.39, 0.29) is 18.1 Å². The molecule has 0 aliphatic carbocycles. The second-order valence-electron chi connectivity index (χ2n) is 5.37. The van der Waals surface area contributed by atoms with E-state index < -0.39 is 4.92 Å². The smallest absolute Gasteiger partial charge is 0.269 e. The molecule has 1 amide bonds. The van der Waals surface area contributed by atoms with E-state index in [1.54, 1.807) is 0 Å². The predicted octanol–water partition coefficient (Wildman–Crippen LogP) is 2.88. The third kappa shape index (κ3) is 3.86. The Morgan fingerprint density at radius 3 is 2.48 bits per heavy atom. The second-order valence-corrected chi connectivity index (χ2v) is 5.37. The molecule has 0 saturated carbocycles. The quantitative estimate of drug-likeness (QED) is 0.565. The zero-order chi connectivity index (χ0) is 17.8. The van der Waals surface area contributed by atoms with Crippen LogP contribution in [-0.4, -0.2) is 21.0 Å². The molecule has 0 bridgehead atoms. The van der Waals surface area contributed by atoms with Crippen LogP contribution < -0.4 is 5.32 Å². The minimum atomic E-state index is -0.520. The SMILES string of the molecule is Cc1ccc(-c2nc(CNC(=O)c3ccc([N+](=O)[O-])cc3)no2)cc1. The van der Waals surface area contributed by atoms with Crippen molar-refractivity contribution in [3.63, 3.8) is 0 Å². The van der Waals surface area contributed by atoms with Crippen LogP contribution in [0.1, 0.15) is 21.7 Å². The monoisotopic (exact) mass is 338 g/mol. The van der Waals surface area contributed by atoms with Crippen molar-refractivity contribution in [3.8, 4) is 11.5 Å². The number of nitro benzene ring substituents is 1. The Morgan fingerprint density at radius 1 is 1.16 bits per heavy atom. The highest BCUT2D eigenvalue weighted by Gasteiger charge is 2.12. The lowest BCUT2D eigenvalue weighted by atomic mass is 10.1. The first-order valence-electron chi connectivity index (χ1n) is 7.45. The maximum absolute atomic E-state index is 12.0. The van der Waals surface area contributed by atoms with Gasteiger partial charge in [-0.2, -0.15) is 4.98 Å². The number of nitrogens with zero attached hydrogens (tertiary/aromatic N) is 3. The Morgan fingerprint density at radius 2 is 1.84 bits per heavy atom.